The molecule has 2 N–H and O–H groups in total. The fourth-order valence-electron chi connectivity index (χ4n) is 2.27. The van der Waals surface area contributed by atoms with Crippen molar-refractivity contribution in [3.8, 4) is 0 Å². The third-order valence-corrected chi connectivity index (χ3v) is 3.33. The lowest BCUT2D eigenvalue weighted by Crippen LogP contribution is -2.52. The molecule has 2 heterocycles. The van der Waals surface area contributed by atoms with Crippen molar-refractivity contribution in [2.45, 2.75) is 44.2 Å². The summed E-state index contributed by atoms with van der Waals surface area (Å²) in [5.41, 5.74) is -0.572. The molecule has 2 aliphatic rings. The number of rotatable bonds is 2. The molecule has 2 rings (SSSR count). The fraction of sp³-hybridized carbons (Fsp3) is 0.909. The maximum absolute atomic E-state index is 12.0. The van der Waals surface area contributed by atoms with E-state index in [0.717, 1.165) is 38.8 Å². The Balaban J connectivity index is 1.85. The maximum Gasteiger partial charge on any atom is 0.252 e. The number of hydrogen-bond donors (Lipinski definition) is 2. The molecule has 0 spiro atoms. The highest BCUT2D eigenvalue weighted by atomic mass is 16.5. The first-order chi connectivity index (χ1) is 7.21. The van der Waals surface area contributed by atoms with Crippen LogP contribution in [-0.4, -0.2) is 37.2 Å². The van der Waals surface area contributed by atoms with Gasteiger partial charge in [0.25, 0.3) is 5.91 Å². The van der Waals surface area contributed by atoms with Crippen LogP contribution >= 0.6 is 0 Å². The largest absolute Gasteiger partial charge is 0.365 e. The molecule has 0 bridgehead atoms. The molecule has 2 atom stereocenters. The molecule has 0 aromatic heterocycles. The molecule has 4 nitrogen and oxygen atoms in total. The van der Waals surface area contributed by atoms with Crippen LogP contribution < -0.4 is 10.6 Å². The minimum absolute atomic E-state index is 0.0636. The molecule has 0 radical (unpaired) electrons. The van der Waals surface area contributed by atoms with Gasteiger partial charge in [0.15, 0.2) is 0 Å². The van der Waals surface area contributed by atoms with Gasteiger partial charge < -0.3 is 15.4 Å². The van der Waals surface area contributed by atoms with E-state index in [-0.39, 0.29) is 11.9 Å². The molecule has 0 aromatic carbocycles. The molecular formula is C11H20N2O2. The van der Waals surface area contributed by atoms with Crippen LogP contribution in [0, 0.1) is 0 Å². The lowest BCUT2D eigenvalue weighted by atomic mass is 10.00. The molecule has 0 aromatic rings. The van der Waals surface area contributed by atoms with Crippen molar-refractivity contribution in [1.29, 1.82) is 0 Å². The number of ether oxygens (including phenoxy) is 1. The van der Waals surface area contributed by atoms with E-state index in [4.69, 9.17) is 4.74 Å². The van der Waals surface area contributed by atoms with Gasteiger partial charge >= 0.3 is 0 Å². The van der Waals surface area contributed by atoms with E-state index in [1.54, 1.807) is 0 Å². The second kappa shape index (κ2) is 4.49. The highest BCUT2D eigenvalue weighted by Gasteiger charge is 2.38. The molecule has 2 fully saturated rings. The first kappa shape index (κ1) is 10.9. The predicted octanol–water partition coefficient (Wildman–Crippen LogP) is 0.424. The molecular weight excluding hydrogens is 192 g/mol. The van der Waals surface area contributed by atoms with E-state index in [9.17, 15) is 4.79 Å². The zero-order valence-electron chi connectivity index (χ0n) is 9.34. The Kier molecular flexibility index (Phi) is 3.26. The molecule has 4 heteroatoms. The number of amides is 1. The van der Waals surface area contributed by atoms with Gasteiger partial charge in [-0.3, -0.25) is 4.79 Å². The van der Waals surface area contributed by atoms with Gasteiger partial charge in [-0.2, -0.15) is 0 Å². The van der Waals surface area contributed by atoms with E-state index in [0.29, 0.717) is 6.61 Å². The summed E-state index contributed by atoms with van der Waals surface area (Å²) in [6.45, 7) is 4.57. The first-order valence-corrected chi connectivity index (χ1v) is 5.86. The predicted molar refractivity (Wildman–Crippen MR) is 57.6 cm³/mol. The maximum atomic E-state index is 12.0. The molecule has 2 aliphatic heterocycles. The third kappa shape index (κ3) is 2.49. The van der Waals surface area contributed by atoms with Crippen LogP contribution in [-0.2, 0) is 9.53 Å². The SMILES string of the molecule is CC1(C(=O)N[C@@H]2CCCNC2)CCCO1. The van der Waals surface area contributed by atoms with Crippen molar-refractivity contribution in [3.63, 3.8) is 0 Å². The highest BCUT2D eigenvalue weighted by Crippen LogP contribution is 2.25. The molecule has 15 heavy (non-hydrogen) atoms. The Labute approximate surface area is 90.8 Å². The van der Waals surface area contributed by atoms with Crippen molar-refractivity contribution in [1.82, 2.24) is 10.6 Å². The second-order valence-corrected chi connectivity index (χ2v) is 4.70. The summed E-state index contributed by atoms with van der Waals surface area (Å²) in [6, 6.07) is 0.285. The molecule has 86 valence electrons. The Bertz CT molecular complexity index is 231. The van der Waals surface area contributed by atoms with Crippen LogP contribution in [0.1, 0.15) is 32.6 Å². The molecule has 0 saturated carbocycles. The molecule has 1 amide bonds. The Morgan fingerprint density at radius 1 is 1.53 bits per heavy atom. The van der Waals surface area contributed by atoms with E-state index < -0.39 is 5.60 Å². The summed E-state index contributed by atoms with van der Waals surface area (Å²) in [5.74, 6) is 0.0636. The summed E-state index contributed by atoms with van der Waals surface area (Å²) in [6.07, 6.45) is 4.06. The Morgan fingerprint density at radius 3 is 3.00 bits per heavy atom. The van der Waals surface area contributed by atoms with Gasteiger partial charge in [0.2, 0.25) is 0 Å². The molecule has 2 saturated heterocycles. The number of piperidine rings is 1. The van der Waals surface area contributed by atoms with Crippen molar-refractivity contribution in [3.05, 3.63) is 0 Å². The molecule has 0 aliphatic carbocycles. The van der Waals surface area contributed by atoms with Crippen LogP contribution in [0.2, 0.25) is 0 Å². The fourth-order valence-corrected chi connectivity index (χ4v) is 2.27. The van der Waals surface area contributed by atoms with Gasteiger partial charge in [-0.05, 0) is 39.2 Å². The van der Waals surface area contributed by atoms with Crippen LogP contribution in [0.15, 0.2) is 0 Å². The normalized spacial score (nSPS) is 36.5. The van der Waals surface area contributed by atoms with Gasteiger partial charge in [0.1, 0.15) is 5.60 Å². The van der Waals surface area contributed by atoms with Gasteiger partial charge in [-0.15, -0.1) is 0 Å². The van der Waals surface area contributed by atoms with Crippen molar-refractivity contribution in [2.75, 3.05) is 19.7 Å². The minimum atomic E-state index is -0.572. The first-order valence-electron chi connectivity index (χ1n) is 5.86. The quantitative estimate of drug-likeness (QED) is 0.697. The zero-order valence-corrected chi connectivity index (χ0v) is 9.34. The standard InChI is InChI=1S/C11H20N2O2/c1-11(5-3-7-15-11)10(14)13-9-4-2-6-12-8-9/h9,12H,2-8H2,1H3,(H,13,14)/t9-,11?/m1/s1. The highest BCUT2D eigenvalue weighted by molar-refractivity contribution is 5.85. The number of carbonyl (C=O) groups excluding carboxylic acids is 1. The third-order valence-electron chi connectivity index (χ3n) is 3.33. The van der Waals surface area contributed by atoms with Crippen LogP contribution in [0.3, 0.4) is 0 Å². The van der Waals surface area contributed by atoms with E-state index in [1.165, 1.54) is 0 Å². The Hall–Kier alpha value is -0.610. The van der Waals surface area contributed by atoms with Gasteiger partial charge in [0.05, 0.1) is 0 Å². The van der Waals surface area contributed by atoms with E-state index in [1.807, 2.05) is 6.92 Å². The van der Waals surface area contributed by atoms with Crippen LogP contribution in [0.5, 0.6) is 0 Å². The lowest BCUT2D eigenvalue weighted by molar-refractivity contribution is -0.140. The topological polar surface area (TPSA) is 50.4 Å². The smallest absolute Gasteiger partial charge is 0.252 e. The summed E-state index contributed by atoms with van der Waals surface area (Å²) < 4.78 is 5.51. The summed E-state index contributed by atoms with van der Waals surface area (Å²) >= 11 is 0. The summed E-state index contributed by atoms with van der Waals surface area (Å²) in [5, 5.41) is 6.36. The Morgan fingerprint density at radius 2 is 2.40 bits per heavy atom. The number of hydrogen-bond acceptors (Lipinski definition) is 3. The summed E-state index contributed by atoms with van der Waals surface area (Å²) in [7, 11) is 0. The van der Waals surface area contributed by atoms with Crippen LogP contribution in [0.4, 0.5) is 0 Å². The molecule has 1 unspecified atom stereocenters. The number of carbonyl (C=O) groups is 1. The summed E-state index contributed by atoms with van der Waals surface area (Å²) in [4.78, 5) is 12.0. The minimum Gasteiger partial charge on any atom is -0.365 e. The van der Waals surface area contributed by atoms with Gasteiger partial charge in [0, 0.05) is 19.2 Å². The average molecular weight is 212 g/mol. The number of nitrogens with one attached hydrogen (secondary N) is 2. The van der Waals surface area contributed by atoms with Crippen molar-refractivity contribution >= 4 is 5.91 Å². The monoisotopic (exact) mass is 212 g/mol. The average Bonchev–Trinajstić information content (AvgIpc) is 2.68. The van der Waals surface area contributed by atoms with Crippen molar-refractivity contribution in [2.24, 2.45) is 0 Å². The second-order valence-electron chi connectivity index (χ2n) is 4.70. The lowest BCUT2D eigenvalue weighted by Gasteiger charge is -2.28. The van der Waals surface area contributed by atoms with Gasteiger partial charge in [-0.1, -0.05) is 0 Å². The van der Waals surface area contributed by atoms with Crippen molar-refractivity contribution < 1.29 is 9.53 Å². The van der Waals surface area contributed by atoms with E-state index in [2.05, 4.69) is 10.6 Å². The van der Waals surface area contributed by atoms with E-state index >= 15 is 0 Å². The van der Waals surface area contributed by atoms with Crippen LogP contribution in [0.25, 0.3) is 0 Å². The van der Waals surface area contributed by atoms with Gasteiger partial charge in [-0.25, -0.2) is 0 Å². The zero-order chi connectivity index (χ0) is 10.7.